The van der Waals surface area contributed by atoms with Crippen LogP contribution in [0.1, 0.15) is 29.8 Å². The molecule has 0 aliphatic heterocycles. The Bertz CT molecular complexity index is 1310. The van der Waals surface area contributed by atoms with E-state index in [0.29, 0.717) is 17.1 Å². The molecule has 0 bridgehead atoms. The van der Waals surface area contributed by atoms with Gasteiger partial charge in [-0.3, -0.25) is 9.59 Å². The Hall–Kier alpha value is -3.69. The molecular formula is C27H29NO7S. The number of Topliss-reactive ketones (excluding diaryl/α,β-unsaturated/α-hetero) is 1. The van der Waals surface area contributed by atoms with Crippen molar-refractivity contribution < 1.29 is 32.6 Å². The minimum absolute atomic E-state index is 0.0194. The van der Waals surface area contributed by atoms with Gasteiger partial charge in [-0.25, -0.2) is 8.42 Å². The lowest BCUT2D eigenvalue weighted by molar-refractivity contribution is -0.140. The second-order valence-corrected chi connectivity index (χ2v) is 10.3. The predicted octanol–water partition coefficient (Wildman–Crippen LogP) is 4.18. The summed E-state index contributed by atoms with van der Waals surface area (Å²) in [6.45, 7) is 3.27. The summed E-state index contributed by atoms with van der Waals surface area (Å²) in [6, 6.07) is 17.4. The summed E-state index contributed by atoms with van der Waals surface area (Å²) >= 11 is 0. The molecule has 3 rings (SSSR count). The Balaban J connectivity index is 1.73. The molecule has 3 aromatic rings. The molecule has 0 unspecified atom stereocenters. The molecule has 3 aromatic carbocycles. The molecule has 8 nitrogen and oxygen atoms in total. The number of carboxylic acids is 1. The van der Waals surface area contributed by atoms with Gasteiger partial charge < -0.3 is 14.6 Å². The fraction of sp³-hybridized carbons (Fsp3) is 0.259. The van der Waals surface area contributed by atoms with E-state index in [-0.39, 0.29) is 17.1 Å². The number of methoxy groups -OCH3 is 2. The van der Waals surface area contributed by atoms with E-state index in [9.17, 15) is 23.1 Å². The number of ketones is 1. The van der Waals surface area contributed by atoms with Gasteiger partial charge in [0.05, 0.1) is 19.1 Å². The van der Waals surface area contributed by atoms with Crippen LogP contribution in [0.4, 0.5) is 0 Å². The van der Waals surface area contributed by atoms with E-state index in [1.165, 1.54) is 26.4 Å². The van der Waals surface area contributed by atoms with Crippen LogP contribution in [0.25, 0.3) is 11.1 Å². The molecule has 9 heteroatoms. The van der Waals surface area contributed by atoms with Gasteiger partial charge in [-0.05, 0) is 46.9 Å². The van der Waals surface area contributed by atoms with E-state index in [1.54, 1.807) is 44.2 Å². The Morgan fingerprint density at radius 1 is 0.861 bits per heavy atom. The molecule has 36 heavy (non-hydrogen) atoms. The van der Waals surface area contributed by atoms with Crippen molar-refractivity contribution in [2.75, 3.05) is 14.2 Å². The molecule has 0 aromatic heterocycles. The van der Waals surface area contributed by atoms with E-state index in [4.69, 9.17) is 9.47 Å². The molecule has 0 amide bonds. The number of sulfonamides is 1. The fourth-order valence-electron chi connectivity index (χ4n) is 3.60. The van der Waals surface area contributed by atoms with Gasteiger partial charge in [0.25, 0.3) is 0 Å². The summed E-state index contributed by atoms with van der Waals surface area (Å²) < 4.78 is 38.0. The molecule has 0 saturated carbocycles. The number of nitrogens with one attached hydrogen (secondary N) is 1. The molecule has 1 atom stereocenters. The summed E-state index contributed by atoms with van der Waals surface area (Å²) in [5.41, 5.74) is 2.94. The van der Waals surface area contributed by atoms with Gasteiger partial charge in [-0.15, -0.1) is 0 Å². The fourth-order valence-corrected chi connectivity index (χ4v) is 4.94. The van der Waals surface area contributed by atoms with Crippen molar-refractivity contribution in [3.63, 3.8) is 0 Å². The number of benzene rings is 3. The Morgan fingerprint density at radius 2 is 1.36 bits per heavy atom. The Labute approximate surface area is 210 Å². The van der Waals surface area contributed by atoms with E-state index in [0.717, 1.165) is 16.7 Å². The van der Waals surface area contributed by atoms with Gasteiger partial charge in [0.15, 0.2) is 5.78 Å². The lowest BCUT2D eigenvalue weighted by Crippen LogP contribution is -2.44. The minimum Gasteiger partial charge on any atom is -0.497 e. The van der Waals surface area contributed by atoms with E-state index in [2.05, 4.69) is 4.72 Å². The Morgan fingerprint density at radius 3 is 1.81 bits per heavy atom. The largest absolute Gasteiger partial charge is 0.497 e. The molecule has 0 heterocycles. The molecule has 0 saturated heterocycles. The summed E-state index contributed by atoms with van der Waals surface area (Å²) in [7, 11) is -0.939. The molecule has 0 radical (unpaired) electrons. The van der Waals surface area contributed by atoms with Gasteiger partial charge in [-0.1, -0.05) is 50.2 Å². The van der Waals surface area contributed by atoms with Crippen molar-refractivity contribution in [3.05, 3.63) is 77.9 Å². The van der Waals surface area contributed by atoms with Crippen molar-refractivity contribution in [3.8, 4) is 22.6 Å². The third-order valence-electron chi connectivity index (χ3n) is 5.70. The average molecular weight is 512 g/mol. The zero-order chi connectivity index (χ0) is 26.5. The van der Waals surface area contributed by atoms with Gasteiger partial charge in [0.1, 0.15) is 17.5 Å². The predicted molar refractivity (Wildman–Crippen MR) is 136 cm³/mol. The standard InChI is InChI=1S/C27H29NO7S/c1-17(2)26(27(30)31)28-36(32,33)24-11-9-20(10-12-24)19-7-5-18(6-8-19)13-25(29)21-14-22(34-3)16-23(15-21)35-4/h5-12,14-17,26,28H,13H2,1-4H3,(H,30,31)/t26-/m0/s1. The molecule has 0 fully saturated rings. The highest BCUT2D eigenvalue weighted by molar-refractivity contribution is 7.89. The monoisotopic (exact) mass is 511 g/mol. The lowest BCUT2D eigenvalue weighted by Gasteiger charge is -2.18. The molecule has 190 valence electrons. The van der Waals surface area contributed by atoms with Crippen LogP contribution in [0.3, 0.4) is 0 Å². The van der Waals surface area contributed by atoms with Gasteiger partial charge in [0.2, 0.25) is 10.0 Å². The van der Waals surface area contributed by atoms with Crippen LogP contribution in [-0.4, -0.2) is 45.5 Å². The van der Waals surface area contributed by atoms with E-state index >= 15 is 0 Å². The van der Waals surface area contributed by atoms with Crippen molar-refractivity contribution in [2.24, 2.45) is 5.92 Å². The molecule has 0 spiro atoms. The SMILES string of the molecule is COc1cc(OC)cc(C(=O)Cc2ccc(-c3ccc(S(=O)(=O)N[C@H](C(=O)O)C(C)C)cc3)cc2)c1. The number of ether oxygens (including phenoxy) is 2. The summed E-state index contributed by atoms with van der Waals surface area (Å²) in [6.07, 6.45) is 0.194. The lowest BCUT2D eigenvalue weighted by atomic mass is 9.99. The highest BCUT2D eigenvalue weighted by Crippen LogP contribution is 2.25. The second kappa shape index (κ2) is 11.4. The van der Waals surface area contributed by atoms with Crippen LogP contribution in [0.2, 0.25) is 0 Å². The summed E-state index contributed by atoms with van der Waals surface area (Å²) in [5, 5.41) is 9.28. The van der Waals surface area contributed by atoms with Gasteiger partial charge in [-0.2, -0.15) is 4.72 Å². The van der Waals surface area contributed by atoms with Crippen molar-refractivity contribution >= 4 is 21.8 Å². The summed E-state index contributed by atoms with van der Waals surface area (Å²) in [4.78, 5) is 24.1. The van der Waals surface area contributed by atoms with Crippen LogP contribution < -0.4 is 14.2 Å². The zero-order valence-electron chi connectivity index (χ0n) is 20.5. The number of hydrogen-bond acceptors (Lipinski definition) is 6. The van der Waals surface area contributed by atoms with E-state index in [1.807, 2.05) is 24.3 Å². The number of carbonyl (C=O) groups excluding carboxylic acids is 1. The normalized spacial score (nSPS) is 12.2. The molecular weight excluding hydrogens is 482 g/mol. The minimum atomic E-state index is -3.99. The smallest absolute Gasteiger partial charge is 0.322 e. The number of carbonyl (C=O) groups is 2. The third kappa shape index (κ3) is 6.50. The first-order valence-electron chi connectivity index (χ1n) is 11.2. The maximum Gasteiger partial charge on any atom is 0.322 e. The number of aliphatic carboxylic acids is 1. The molecule has 0 aliphatic carbocycles. The highest BCUT2D eigenvalue weighted by atomic mass is 32.2. The topological polar surface area (TPSA) is 119 Å². The maximum atomic E-state index is 12.8. The second-order valence-electron chi connectivity index (χ2n) is 8.60. The first-order valence-corrected chi connectivity index (χ1v) is 12.7. The van der Waals surface area contributed by atoms with Gasteiger partial charge >= 0.3 is 5.97 Å². The van der Waals surface area contributed by atoms with E-state index < -0.39 is 28.0 Å². The summed E-state index contributed by atoms with van der Waals surface area (Å²) in [5.74, 6) is -0.641. The van der Waals surface area contributed by atoms with Crippen LogP contribution in [0.5, 0.6) is 11.5 Å². The van der Waals surface area contributed by atoms with Crippen molar-refractivity contribution in [2.45, 2.75) is 31.2 Å². The van der Waals surface area contributed by atoms with Gasteiger partial charge in [0, 0.05) is 18.1 Å². The average Bonchev–Trinajstić information content (AvgIpc) is 2.87. The zero-order valence-corrected chi connectivity index (χ0v) is 21.3. The molecule has 0 aliphatic rings. The number of carboxylic acid groups (broad SMARTS) is 1. The van der Waals surface area contributed by atoms with Crippen LogP contribution >= 0.6 is 0 Å². The van der Waals surface area contributed by atoms with Crippen molar-refractivity contribution in [1.82, 2.24) is 4.72 Å². The molecule has 2 N–H and O–H groups in total. The van der Waals surface area contributed by atoms with Crippen molar-refractivity contribution in [1.29, 1.82) is 0 Å². The quantitative estimate of drug-likeness (QED) is 0.371. The van der Waals surface area contributed by atoms with Crippen LogP contribution in [-0.2, 0) is 21.2 Å². The number of hydrogen-bond donors (Lipinski definition) is 2. The van der Waals surface area contributed by atoms with Crippen LogP contribution in [0.15, 0.2) is 71.6 Å². The third-order valence-corrected chi connectivity index (χ3v) is 7.16. The first-order chi connectivity index (χ1) is 17.0. The van der Waals surface area contributed by atoms with Crippen LogP contribution in [0, 0.1) is 5.92 Å². The highest BCUT2D eigenvalue weighted by Gasteiger charge is 2.28. The first kappa shape index (κ1) is 26.9. The Kier molecular flexibility index (Phi) is 8.49. The number of rotatable bonds is 11. The maximum absolute atomic E-state index is 12.8.